The maximum atomic E-state index is 13.3. The number of carbonyl (C=O) groups is 2. The Bertz CT molecular complexity index is 2070. The van der Waals surface area contributed by atoms with Gasteiger partial charge >= 0.3 is 12.5 Å². The van der Waals surface area contributed by atoms with Crippen LogP contribution >= 0.6 is 23.2 Å². The number of amides is 1. The first kappa shape index (κ1) is 41.4. The summed E-state index contributed by atoms with van der Waals surface area (Å²) in [6.45, 7) is 10.2. The van der Waals surface area contributed by atoms with Crippen LogP contribution < -0.4 is 10.5 Å². The van der Waals surface area contributed by atoms with E-state index >= 15 is 0 Å². The van der Waals surface area contributed by atoms with Crippen molar-refractivity contribution in [3.63, 3.8) is 0 Å². The number of piperidine rings is 1. The molecule has 0 spiro atoms. The maximum Gasteiger partial charge on any atom is 0.573 e. The normalized spacial score (nSPS) is 20.1. The Morgan fingerprint density at radius 1 is 0.895 bits per heavy atom. The molecule has 4 heterocycles. The molecule has 3 fully saturated rings. The smallest absolute Gasteiger partial charge is 0.444 e. The van der Waals surface area contributed by atoms with Crippen LogP contribution in [-0.2, 0) is 29.2 Å². The van der Waals surface area contributed by atoms with E-state index in [1.165, 1.54) is 12.1 Å². The topological polar surface area (TPSA) is 93.3 Å². The van der Waals surface area contributed by atoms with Gasteiger partial charge in [-0.15, -0.1) is 13.2 Å². The molecular formula is C43H50Cl2F3N5O4. The first-order valence-electron chi connectivity index (χ1n) is 19.6. The van der Waals surface area contributed by atoms with Crippen LogP contribution in [0, 0.1) is 0 Å². The summed E-state index contributed by atoms with van der Waals surface area (Å²) in [4.78, 5) is 32.5. The lowest BCUT2D eigenvalue weighted by molar-refractivity contribution is -0.274. The number of nitrogens with zero attached hydrogens (tertiary/aromatic N) is 4. The third-order valence-corrected chi connectivity index (χ3v) is 12.2. The van der Waals surface area contributed by atoms with Gasteiger partial charge in [-0.1, -0.05) is 47.5 Å². The van der Waals surface area contributed by atoms with E-state index in [9.17, 15) is 22.8 Å². The van der Waals surface area contributed by atoms with Crippen LogP contribution in [0.4, 0.5) is 18.0 Å². The number of alkyl halides is 3. The monoisotopic (exact) mass is 827 g/mol. The number of hydrogen-bond acceptors (Lipinski definition) is 7. The average molecular weight is 829 g/mol. The lowest BCUT2D eigenvalue weighted by Crippen LogP contribution is -2.56. The average Bonchev–Trinajstić information content (AvgIpc) is 3.83. The van der Waals surface area contributed by atoms with Gasteiger partial charge in [-0.05, 0) is 100 Å². The lowest BCUT2D eigenvalue weighted by atomic mass is 9.82. The van der Waals surface area contributed by atoms with E-state index in [1.54, 1.807) is 17.0 Å². The molecule has 2 bridgehead atoms. The quantitative estimate of drug-likeness (QED) is 0.142. The highest BCUT2D eigenvalue weighted by molar-refractivity contribution is 6.36. The summed E-state index contributed by atoms with van der Waals surface area (Å²) in [5, 5.41) is 2.38. The Labute approximate surface area is 341 Å². The van der Waals surface area contributed by atoms with E-state index in [4.69, 9.17) is 33.7 Å². The molecule has 0 aliphatic carbocycles. The fourth-order valence-corrected chi connectivity index (χ4v) is 9.06. The molecule has 1 amide bonds. The van der Waals surface area contributed by atoms with E-state index in [-0.39, 0.29) is 17.6 Å². The van der Waals surface area contributed by atoms with Gasteiger partial charge in [0.25, 0.3) is 0 Å². The second-order valence-corrected chi connectivity index (χ2v) is 17.6. The number of benzene rings is 3. The first-order valence-corrected chi connectivity index (χ1v) is 20.4. The fourth-order valence-electron chi connectivity index (χ4n) is 8.54. The van der Waals surface area contributed by atoms with Gasteiger partial charge in [0.2, 0.25) is 0 Å². The van der Waals surface area contributed by atoms with Crippen molar-refractivity contribution in [1.82, 2.24) is 19.3 Å². The van der Waals surface area contributed by atoms with Crippen molar-refractivity contribution in [3.8, 4) is 16.9 Å². The number of Topliss-reactive ketones (excluding diaryl/α,β-unsaturated/α-hetero) is 1. The van der Waals surface area contributed by atoms with Gasteiger partial charge < -0.3 is 24.7 Å². The van der Waals surface area contributed by atoms with Crippen molar-refractivity contribution in [2.75, 3.05) is 26.2 Å². The van der Waals surface area contributed by atoms with Crippen molar-refractivity contribution in [2.24, 2.45) is 5.73 Å². The predicted octanol–water partition coefficient (Wildman–Crippen LogP) is 9.44. The van der Waals surface area contributed by atoms with Crippen LogP contribution in [0.2, 0.25) is 10.0 Å². The molecule has 4 aromatic rings. The number of piperazine rings is 1. The van der Waals surface area contributed by atoms with E-state index in [2.05, 4.69) is 37.3 Å². The van der Waals surface area contributed by atoms with Crippen molar-refractivity contribution in [3.05, 3.63) is 88.0 Å². The van der Waals surface area contributed by atoms with Gasteiger partial charge in [0.05, 0.1) is 5.54 Å². The van der Waals surface area contributed by atoms with Gasteiger partial charge in [0, 0.05) is 103 Å². The number of unbranched alkanes of at least 4 members (excludes halogenated alkanes) is 1. The largest absolute Gasteiger partial charge is 0.573 e. The van der Waals surface area contributed by atoms with Crippen molar-refractivity contribution < 1.29 is 32.2 Å². The minimum Gasteiger partial charge on any atom is -0.444 e. The molecule has 3 saturated heterocycles. The minimum atomic E-state index is -4.78. The summed E-state index contributed by atoms with van der Waals surface area (Å²) in [6, 6.07) is 18.9. The van der Waals surface area contributed by atoms with Crippen LogP contribution in [0.5, 0.6) is 5.75 Å². The summed E-state index contributed by atoms with van der Waals surface area (Å²) in [6.07, 6.45) is 0.436. The second kappa shape index (κ2) is 16.4. The summed E-state index contributed by atoms with van der Waals surface area (Å²) in [5.41, 5.74) is 9.83. The standard InChI is InChI=1S/C43H50Cl2F3N5O4/c1-41(2,3)57-40(55)50-19-16-42(49,17-20-50)39(54)9-4-5-18-51-26-34(29-11-13-32(14-12-29)56-43(46,47)48)33-21-28(10-15-38(33)51)23-52-24-31-22-30(52)25-53(31)27-35-36(44)7-6-8-37(35)45/h6-8,10-15,21,26,30-31H,4-5,9,16-20,22-25,27,49H2,1-3H3. The molecule has 3 aliphatic heterocycles. The molecule has 2 atom stereocenters. The predicted molar refractivity (Wildman–Crippen MR) is 216 cm³/mol. The van der Waals surface area contributed by atoms with Crippen molar-refractivity contribution >= 4 is 46.0 Å². The molecule has 2 unspecified atom stereocenters. The number of hydrogen-bond donors (Lipinski definition) is 1. The number of likely N-dealkylation sites (tertiary alicyclic amines) is 3. The van der Waals surface area contributed by atoms with Crippen LogP contribution in [0.15, 0.2) is 66.9 Å². The zero-order valence-electron chi connectivity index (χ0n) is 32.6. The van der Waals surface area contributed by atoms with Crippen LogP contribution in [0.3, 0.4) is 0 Å². The number of nitrogens with two attached hydrogens (primary N) is 1. The number of aryl methyl sites for hydroxylation is 1. The molecule has 2 N–H and O–H groups in total. The molecule has 3 aromatic carbocycles. The molecule has 3 aliphatic rings. The Hall–Kier alpha value is -3.81. The fraction of sp³-hybridized carbons (Fsp3) is 0.488. The van der Waals surface area contributed by atoms with Gasteiger partial charge in [-0.2, -0.15) is 0 Å². The summed E-state index contributed by atoms with van der Waals surface area (Å²) >= 11 is 13.0. The number of fused-ring (bicyclic) bond motifs is 3. The number of carbonyl (C=O) groups excluding carboxylic acids is 2. The number of ether oxygens (including phenoxy) is 2. The summed E-state index contributed by atoms with van der Waals surface area (Å²) < 4.78 is 50.6. The highest BCUT2D eigenvalue weighted by Crippen LogP contribution is 2.38. The van der Waals surface area contributed by atoms with Gasteiger partial charge in [-0.25, -0.2) is 4.79 Å². The second-order valence-electron chi connectivity index (χ2n) is 16.8. The molecule has 1 aromatic heterocycles. The highest BCUT2D eigenvalue weighted by atomic mass is 35.5. The van der Waals surface area contributed by atoms with E-state index in [0.29, 0.717) is 67.4 Å². The number of halogens is 5. The van der Waals surface area contributed by atoms with E-state index < -0.39 is 17.5 Å². The molecular weight excluding hydrogens is 778 g/mol. The third-order valence-electron chi connectivity index (χ3n) is 11.5. The molecule has 0 radical (unpaired) electrons. The number of aromatic nitrogens is 1. The Morgan fingerprint density at radius 2 is 1.54 bits per heavy atom. The molecule has 14 heteroatoms. The van der Waals surface area contributed by atoms with E-state index in [1.807, 2.05) is 45.2 Å². The van der Waals surface area contributed by atoms with Crippen LogP contribution in [-0.4, -0.2) is 86.9 Å². The van der Waals surface area contributed by atoms with Gasteiger partial charge in [0.1, 0.15) is 11.4 Å². The van der Waals surface area contributed by atoms with Gasteiger partial charge in [0.15, 0.2) is 5.78 Å². The molecule has 0 saturated carbocycles. The third kappa shape index (κ3) is 9.74. The maximum absolute atomic E-state index is 13.3. The van der Waals surface area contributed by atoms with E-state index in [0.717, 1.165) is 72.2 Å². The lowest BCUT2D eigenvalue weighted by Gasteiger charge is -2.38. The zero-order valence-corrected chi connectivity index (χ0v) is 34.1. The Morgan fingerprint density at radius 3 is 2.16 bits per heavy atom. The first-order chi connectivity index (χ1) is 26.9. The summed E-state index contributed by atoms with van der Waals surface area (Å²) in [7, 11) is 0. The van der Waals surface area contributed by atoms with Crippen molar-refractivity contribution in [2.45, 2.75) is 109 Å². The SMILES string of the molecule is CC(C)(C)OC(=O)N1CCC(N)(C(=O)CCCCn2cc(-c3ccc(OC(F)(F)F)cc3)c3cc(CN4CC5CC4CN5Cc4c(Cl)cccc4Cl)ccc32)CC1. The molecule has 7 rings (SSSR count). The Kier molecular flexibility index (Phi) is 11.9. The van der Waals surface area contributed by atoms with Crippen LogP contribution in [0.1, 0.15) is 70.4 Å². The number of ketones is 1. The molecule has 57 heavy (non-hydrogen) atoms. The molecule has 9 nitrogen and oxygen atoms in total. The minimum absolute atomic E-state index is 0.00148. The number of rotatable bonds is 12. The van der Waals surface area contributed by atoms with Crippen molar-refractivity contribution in [1.29, 1.82) is 0 Å². The molecule has 306 valence electrons. The summed E-state index contributed by atoms with van der Waals surface area (Å²) in [5.74, 6) is -0.273. The Balaban J connectivity index is 1.01. The van der Waals surface area contributed by atoms with Crippen LogP contribution in [0.25, 0.3) is 22.0 Å². The highest BCUT2D eigenvalue weighted by Gasteiger charge is 2.43. The zero-order chi connectivity index (χ0) is 40.7. The van der Waals surface area contributed by atoms with Gasteiger partial charge in [-0.3, -0.25) is 14.6 Å².